The van der Waals surface area contributed by atoms with E-state index in [1.165, 1.54) is 0 Å². The molecule has 0 saturated heterocycles. The summed E-state index contributed by atoms with van der Waals surface area (Å²) < 4.78 is 0. The van der Waals surface area contributed by atoms with Crippen LogP contribution in [0.2, 0.25) is 0 Å². The van der Waals surface area contributed by atoms with E-state index in [-0.39, 0.29) is 63.1 Å². The summed E-state index contributed by atoms with van der Waals surface area (Å²) in [6, 6.07) is 2.19. The first-order valence-corrected chi connectivity index (χ1v) is 14.9. The molecule has 5 aliphatic rings. The molecule has 2 bridgehead atoms. The van der Waals surface area contributed by atoms with Crippen molar-refractivity contribution in [1.29, 1.82) is 5.26 Å². The third-order valence-corrected chi connectivity index (χ3v) is 11.9. The Bertz CT molecular complexity index is 1190. The fraction of sp³-hybridized carbons (Fsp3) is 0.758. The van der Waals surface area contributed by atoms with E-state index in [4.69, 9.17) is 0 Å². The summed E-state index contributed by atoms with van der Waals surface area (Å²) in [5.74, 6) is 0.727. The molecule has 0 radical (unpaired) electrons. The van der Waals surface area contributed by atoms with E-state index in [0.29, 0.717) is 6.42 Å². The molecule has 0 heterocycles. The van der Waals surface area contributed by atoms with Crippen LogP contribution in [0.3, 0.4) is 0 Å². The standard InChI is InChI=1S/C33H46N2O3/c1-8-26(37)35-33-12-9-22-27(20(18-33)16-29(2,3)13-14-33)23(36)15-25-31(22,6)11-10-24-30(4,5)28(38)21(19-34)17-32(24,25)7/h15,17,20,22,24,27H,8-14,16,18H2,1-7H3,(H,35,37). The molecular formula is C33H46N2O3. The molecule has 5 nitrogen and oxygen atoms in total. The van der Waals surface area contributed by atoms with Crippen LogP contribution < -0.4 is 5.32 Å². The van der Waals surface area contributed by atoms with E-state index < -0.39 is 10.8 Å². The molecule has 0 spiro atoms. The van der Waals surface area contributed by atoms with Gasteiger partial charge in [-0.25, -0.2) is 0 Å². The normalized spacial score (nSPS) is 43.1. The van der Waals surface area contributed by atoms with Crippen molar-refractivity contribution in [3.8, 4) is 6.07 Å². The van der Waals surface area contributed by atoms with E-state index in [1.54, 1.807) is 0 Å². The molecule has 0 aromatic carbocycles. The number of ketones is 2. The van der Waals surface area contributed by atoms with Gasteiger partial charge in [0.15, 0.2) is 11.6 Å². The van der Waals surface area contributed by atoms with Crippen molar-refractivity contribution in [2.75, 3.05) is 0 Å². The number of carbonyl (C=O) groups is 3. The Labute approximate surface area is 228 Å². The fourth-order valence-corrected chi connectivity index (χ4v) is 10.1. The van der Waals surface area contributed by atoms with Crippen LogP contribution in [0.4, 0.5) is 0 Å². The van der Waals surface area contributed by atoms with Crippen molar-refractivity contribution in [3.63, 3.8) is 0 Å². The molecule has 5 heteroatoms. The van der Waals surface area contributed by atoms with Gasteiger partial charge in [-0.2, -0.15) is 5.26 Å². The van der Waals surface area contributed by atoms with Crippen LogP contribution >= 0.6 is 0 Å². The number of nitrogens with zero attached hydrogens (tertiary/aromatic N) is 1. The monoisotopic (exact) mass is 518 g/mol. The Morgan fingerprint density at radius 3 is 2.39 bits per heavy atom. The van der Waals surface area contributed by atoms with E-state index in [2.05, 4.69) is 39.1 Å². The average Bonchev–Trinajstić information content (AvgIpc) is 3.07. The topological polar surface area (TPSA) is 87.0 Å². The van der Waals surface area contributed by atoms with Crippen molar-refractivity contribution >= 4 is 17.5 Å². The average molecular weight is 519 g/mol. The van der Waals surface area contributed by atoms with E-state index >= 15 is 0 Å². The largest absolute Gasteiger partial charge is 0.351 e. The number of nitriles is 1. The highest BCUT2D eigenvalue weighted by molar-refractivity contribution is 6.04. The maximum absolute atomic E-state index is 14.3. The zero-order valence-electron chi connectivity index (χ0n) is 24.5. The Hall–Kier alpha value is -2.22. The number of amides is 1. The lowest BCUT2D eigenvalue weighted by atomic mass is 9.42. The van der Waals surface area contributed by atoms with Crippen molar-refractivity contribution in [3.05, 3.63) is 23.3 Å². The number of Topliss-reactive ketones (excluding diaryl/α,β-unsaturated/α-hetero) is 1. The number of nitrogens with one attached hydrogen (secondary N) is 1. The number of hydrogen-bond acceptors (Lipinski definition) is 4. The smallest absolute Gasteiger partial charge is 0.220 e. The van der Waals surface area contributed by atoms with Crippen LogP contribution in [-0.4, -0.2) is 23.0 Å². The van der Waals surface area contributed by atoms with Gasteiger partial charge in [0, 0.05) is 28.7 Å². The Kier molecular flexibility index (Phi) is 6.22. The third-order valence-electron chi connectivity index (χ3n) is 11.9. The van der Waals surface area contributed by atoms with Gasteiger partial charge in [-0.15, -0.1) is 0 Å². The minimum Gasteiger partial charge on any atom is -0.351 e. The first-order valence-electron chi connectivity index (χ1n) is 14.9. The van der Waals surface area contributed by atoms with Gasteiger partial charge in [0.05, 0.1) is 5.57 Å². The number of carbonyl (C=O) groups excluding carboxylic acids is 3. The lowest BCUT2D eigenvalue weighted by Gasteiger charge is -2.61. The molecule has 3 fully saturated rings. The Morgan fingerprint density at radius 2 is 1.74 bits per heavy atom. The highest BCUT2D eigenvalue weighted by Gasteiger charge is 2.63. The second-order valence-electron chi connectivity index (χ2n) is 15.2. The number of fused-ring (bicyclic) bond motifs is 8. The van der Waals surface area contributed by atoms with Crippen molar-refractivity contribution in [2.24, 2.45) is 45.3 Å². The summed E-state index contributed by atoms with van der Waals surface area (Å²) in [4.78, 5) is 40.2. The van der Waals surface area contributed by atoms with Crippen LogP contribution in [0, 0.1) is 56.7 Å². The SMILES string of the molecule is CCC(=O)NC12CCC3C(C(=O)C=C4C5(C)C=C(C#N)C(=O)C(C)(C)C5CCC43C)C(CC(C)(C)CC1)C2. The summed E-state index contributed by atoms with van der Waals surface area (Å²) in [5.41, 5.74) is -0.0595. The molecule has 38 heavy (non-hydrogen) atoms. The molecule has 0 aromatic heterocycles. The second-order valence-corrected chi connectivity index (χ2v) is 15.2. The van der Waals surface area contributed by atoms with Gasteiger partial charge in [0.25, 0.3) is 0 Å². The van der Waals surface area contributed by atoms with Gasteiger partial charge >= 0.3 is 0 Å². The Morgan fingerprint density at radius 1 is 1.03 bits per heavy atom. The molecular weight excluding hydrogens is 472 g/mol. The highest BCUT2D eigenvalue weighted by atomic mass is 16.2. The first-order chi connectivity index (χ1) is 17.6. The van der Waals surface area contributed by atoms with Crippen LogP contribution in [-0.2, 0) is 14.4 Å². The molecule has 1 N–H and O–H groups in total. The van der Waals surface area contributed by atoms with Crippen LogP contribution in [0.5, 0.6) is 0 Å². The summed E-state index contributed by atoms with van der Waals surface area (Å²) in [7, 11) is 0. The minimum atomic E-state index is -0.646. The predicted octanol–water partition coefficient (Wildman–Crippen LogP) is 6.48. The van der Waals surface area contributed by atoms with Crippen LogP contribution in [0.15, 0.2) is 23.3 Å². The zero-order chi connectivity index (χ0) is 27.9. The molecule has 5 aliphatic carbocycles. The maximum atomic E-state index is 14.3. The van der Waals surface area contributed by atoms with E-state index in [0.717, 1.165) is 56.9 Å². The van der Waals surface area contributed by atoms with Gasteiger partial charge in [-0.1, -0.05) is 60.1 Å². The molecule has 206 valence electrons. The number of allylic oxidation sites excluding steroid dienone is 4. The summed E-state index contributed by atoms with van der Waals surface area (Å²) >= 11 is 0. The van der Waals surface area contributed by atoms with Gasteiger partial charge in [-0.3, -0.25) is 14.4 Å². The number of rotatable bonds is 2. The van der Waals surface area contributed by atoms with Gasteiger partial charge in [-0.05, 0) is 86.0 Å². The lowest BCUT2D eigenvalue weighted by Crippen LogP contribution is -2.57. The Balaban J connectivity index is 1.63. The predicted molar refractivity (Wildman–Crippen MR) is 148 cm³/mol. The van der Waals surface area contributed by atoms with Crippen LogP contribution in [0.1, 0.15) is 106 Å². The van der Waals surface area contributed by atoms with Crippen molar-refractivity contribution in [2.45, 2.75) is 112 Å². The van der Waals surface area contributed by atoms with Crippen LogP contribution in [0.25, 0.3) is 0 Å². The lowest BCUT2D eigenvalue weighted by molar-refractivity contribution is -0.133. The zero-order valence-corrected chi connectivity index (χ0v) is 24.5. The highest BCUT2D eigenvalue weighted by Crippen LogP contribution is 2.68. The second kappa shape index (κ2) is 8.64. The summed E-state index contributed by atoms with van der Waals surface area (Å²) in [5, 5.41) is 13.3. The molecule has 7 atom stereocenters. The van der Waals surface area contributed by atoms with E-state index in [1.807, 2.05) is 32.9 Å². The summed E-state index contributed by atoms with van der Waals surface area (Å²) in [6.07, 6.45) is 11.9. The van der Waals surface area contributed by atoms with Crippen molar-refractivity contribution < 1.29 is 14.4 Å². The van der Waals surface area contributed by atoms with Gasteiger partial charge < -0.3 is 5.32 Å². The summed E-state index contributed by atoms with van der Waals surface area (Å²) in [6.45, 7) is 15.1. The minimum absolute atomic E-state index is 0.0423. The molecule has 0 aliphatic heterocycles. The van der Waals surface area contributed by atoms with Crippen molar-refractivity contribution in [1.82, 2.24) is 5.32 Å². The number of hydrogen-bond donors (Lipinski definition) is 1. The molecule has 5 rings (SSSR count). The third kappa shape index (κ3) is 3.88. The fourth-order valence-electron chi connectivity index (χ4n) is 10.1. The molecule has 0 aromatic rings. The maximum Gasteiger partial charge on any atom is 0.220 e. The quantitative estimate of drug-likeness (QED) is 0.453. The van der Waals surface area contributed by atoms with Gasteiger partial charge in [0.2, 0.25) is 5.91 Å². The van der Waals surface area contributed by atoms with E-state index in [9.17, 15) is 19.6 Å². The molecule has 7 unspecified atom stereocenters. The molecule has 3 saturated carbocycles. The first kappa shape index (κ1) is 27.4. The molecule has 1 amide bonds. The van der Waals surface area contributed by atoms with Gasteiger partial charge in [0.1, 0.15) is 6.07 Å².